The van der Waals surface area contributed by atoms with Crippen molar-refractivity contribution < 1.29 is 5.11 Å². The monoisotopic (exact) mass is 236 g/mol. The molecule has 3 fully saturated rings. The molecule has 0 bridgehead atoms. The van der Waals surface area contributed by atoms with Gasteiger partial charge in [-0.1, -0.05) is 33.1 Å². The maximum absolute atomic E-state index is 10.8. The van der Waals surface area contributed by atoms with E-state index in [2.05, 4.69) is 20.8 Å². The highest BCUT2D eigenvalue weighted by Crippen LogP contribution is 2.69. The van der Waals surface area contributed by atoms with E-state index < -0.39 is 5.60 Å². The first kappa shape index (κ1) is 12.0. The summed E-state index contributed by atoms with van der Waals surface area (Å²) < 4.78 is 0. The summed E-state index contributed by atoms with van der Waals surface area (Å²) in [6.45, 7) is 6.93. The lowest BCUT2D eigenvalue weighted by Gasteiger charge is -2.68. The van der Waals surface area contributed by atoms with Crippen molar-refractivity contribution in [1.29, 1.82) is 0 Å². The second kappa shape index (κ2) is 3.73. The summed E-state index contributed by atoms with van der Waals surface area (Å²) in [6, 6.07) is 0. The van der Waals surface area contributed by atoms with E-state index in [1.165, 1.54) is 38.5 Å². The van der Waals surface area contributed by atoms with Gasteiger partial charge in [-0.05, 0) is 61.7 Å². The van der Waals surface area contributed by atoms with Crippen LogP contribution in [0.5, 0.6) is 0 Å². The standard InChI is InChI=1S/C16H28O/c1-11-9-15(2)13-8-6-4-5-7-12(13)14(15)16(3,17)10-11/h11-14,17H,4-10H2,1-3H3. The van der Waals surface area contributed by atoms with Crippen molar-refractivity contribution in [1.82, 2.24) is 0 Å². The van der Waals surface area contributed by atoms with E-state index in [0.717, 1.165) is 18.3 Å². The molecule has 6 atom stereocenters. The van der Waals surface area contributed by atoms with Gasteiger partial charge in [0.2, 0.25) is 0 Å². The first-order valence-corrected chi connectivity index (χ1v) is 7.67. The van der Waals surface area contributed by atoms with Crippen molar-refractivity contribution in [3.8, 4) is 0 Å². The van der Waals surface area contributed by atoms with Crippen LogP contribution in [-0.4, -0.2) is 10.7 Å². The van der Waals surface area contributed by atoms with Crippen LogP contribution in [0.15, 0.2) is 0 Å². The van der Waals surface area contributed by atoms with Gasteiger partial charge < -0.3 is 5.11 Å². The minimum atomic E-state index is -0.391. The highest BCUT2D eigenvalue weighted by molar-refractivity contribution is 5.14. The Morgan fingerprint density at radius 3 is 2.47 bits per heavy atom. The van der Waals surface area contributed by atoms with Crippen molar-refractivity contribution in [3.63, 3.8) is 0 Å². The van der Waals surface area contributed by atoms with E-state index in [1.807, 2.05) is 0 Å². The summed E-state index contributed by atoms with van der Waals surface area (Å²) in [4.78, 5) is 0. The topological polar surface area (TPSA) is 20.2 Å². The molecule has 3 saturated carbocycles. The van der Waals surface area contributed by atoms with E-state index in [0.29, 0.717) is 17.3 Å². The number of hydrogen-bond acceptors (Lipinski definition) is 1. The Morgan fingerprint density at radius 2 is 1.71 bits per heavy atom. The maximum Gasteiger partial charge on any atom is 0.0658 e. The van der Waals surface area contributed by atoms with Crippen LogP contribution in [0.25, 0.3) is 0 Å². The quantitative estimate of drug-likeness (QED) is 0.674. The predicted molar refractivity (Wildman–Crippen MR) is 70.7 cm³/mol. The van der Waals surface area contributed by atoms with Gasteiger partial charge in [0.1, 0.15) is 0 Å². The molecular formula is C16H28O. The fraction of sp³-hybridized carbons (Fsp3) is 1.00. The molecule has 0 heterocycles. The predicted octanol–water partition coefficient (Wildman–Crippen LogP) is 4.00. The zero-order chi connectivity index (χ0) is 12.3. The minimum absolute atomic E-state index is 0.391. The summed E-state index contributed by atoms with van der Waals surface area (Å²) in [5.74, 6) is 3.05. The van der Waals surface area contributed by atoms with Gasteiger partial charge in [-0.2, -0.15) is 0 Å². The van der Waals surface area contributed by atoms with Gasteiger partial charge in [0, 0.05) is 0 Å². The molecule has 0 aliphatic heterocycles. The smallest absolute Gasteiger partial charge is 0.0658 e. The average Bonchev–Trinajstić information content (AvgIpc) is 2.37. The van der Waals surface area contributed by atoms with Crippen molar-refractivity contribution >= 4 is 0 Å². The minimum Gasteiger partial charge on any atom is -0.390 e. The van der Waals surface area contributed by atoms with E-state index in [1.54, 1.807) is 0 Å². The van der Waals surface area contributed by atoms with Gasteiger partial charge in [0.25, 0.3) is 0 Å². The van der Waals surface area contributed by atoms with Gasteiger partial charge in [0.05, 0.1) is 5.60 Å². The molecule has 1 nitrogen and oxygen atoms in total. The zero-order valence-electron chi connectivity index (χ0n) is 11.7. The molecule has 0 radical (unpaired) electrons. The fourth-order valence-corrected chi connectivity index (χ4v) is 6.26. The summed E-state index contributed by atoms with van der Waals surface area (Å²) >= 11 is 0. The summed E-state index contributed by atoms with van der Waals surface area (Å²) in [7, 11) is 0. The molecule has 0 aromatic heterocycles. The lowest BCUT2D eigenvalue weighted by Crippen LogP contribution is -2.66. The van der Waals surface area contributed by atoms with Crippen molar-refractivity contribution in [2.75, 3.05) is 0 Å². The third-order valence-corrected chi connectivity index (χ3v) is 6.28. The maximum atomic E-state index is 10.8. The van der Waals surface area contributed by atoms with Gasteiger partial charge in [-0.25, -0.2) is 0 Å². The zero-order valence-corrected chi connectivity index (χ0v) is 11.7. The van der Waals surface area contributed by atoms with E-state index in [9.17, 15) is 5.11 Å². The largest absolute Gasteiger partial charge is 0.390 e. The lowest BCUT2D eigenvalue weighted by molar-refractivity contribution is -0.243. The SMILES string of the molecule is CC1CC(C)(O)C2C3CCCCCC3C2(C)C1. The Bertz CT molecular complexity index is 309. The van der Waals surface area contributed by atoms with E-state index in [-0.39, 0.29) is 0 Å². The molecule has 3 aliphatic rings. The van der Waals surface area contributed by atoms with Gasteiger partial charge in [-0.3, -0.25) is 0 Å². The highest BCUT2D eigenvalue weighted by atomic mass is 16.3. The highest BCUT2D eigenvalue weighted by Gasteiger charge is 2.65. The Kier molecular flexibility index (Phi) is 2.63. The molecule has 0 aromatic rings. The first-order chi connectivity index (χ1) is 7.95. The Hall–Kier alpha value is -0.0400. The van der Waals surface area contributed by atoms with Crippen molar-refractivity contribution in [3.05, 3.63) is 0 Å². The van der Waals surface area contributed by atoms with Crippen LogP contribution in [-0.2, 0) is 0 Å². The lowest BCUT2D eigenvalue weighted by atomic mass is 9.38. The third kappa shape index (κ3) is 1.61. The molecule has 1 heteroatoms. The summed E-state index contributed by atoms with van der Waals surface area (Å²) in [5.41, 5.74) is 0.0636. The molecule has 0 saturated heterocycles. The molecule has 0 spiro atoms. The van der Waals surface area contributed by atoms with Crippen molar-refractivity contribution in [2.24, 2.45) is 29.1 Å². The number of fused-ring (bicyclic) bond motifs is 4. The number of rotatable bonds is 0. The molecule has 3 rings (SSSR count). The number of aliphatic hydroxyl groups is 1. The molecule has 0 aromatic carbocycles. The average molecular weight is 236 g/mol. The van der Waals surface area contributed by atoms with Crippen LogP contribution in [0.1, 0.15) is 65.7 Å². The molecule has 0 amide bonds. The first-order valence-electron chi connectivity index (χ1n) is 7.67. The normalized spacial score (nSPS) is 58.6. The summed E-state index contributed by atoms with van der Waals surface area (Å²) in [6.07, 6.45) is 9.45. The fourth-order valence-electron chi connectivity index (χ4n) is 6.26. The molecule has 17 heavy (non-hydrogen) atoms. The second-order valence-electron chi connectivity index (χ2n) is 7.76. The Labute approximate surface area is 106 Å². The second-order valence-corrected chi connectivity index (χ2v) is 7.76. The molecule has 1 N–H and O–H groups in total. The van der Waals surface area contributed by atoms with Crippen LogP contribution >= 0.6 is 0 Å². The van der Waals surface area contributed by atoms with Crippen LogP contribution < -0.4 is 0 Å². The van der Waals surface area contributed by atoms with Crippen LogP contribution in [0.2, 0.25) is 0 Å². The third-order valence-electron chi connectivity index (χ3n) is 6.28. The Morgan fingerprint density at radius 1 is 1.00 bits per heavy atom. The molecule has 3 aliphatic carbocycles. The van der Waals surface area contributed by atoms with E-state index >= 15 is 0 Å². The van der Waals surface area contributed by atoms with Gasteiger partial charge in [0.15, 0.2) is 0 Å². The van der Waals surface area contributed by atoms with Crippen LogP contribution in [0.4, 0.5) is 0 Å². The van der Waals surface area contributed by atoms with Gasteiger partial charge in [-0.15, -0.1) is 0 Å². The number of hydrogen-bond donors (Lipinski definition) is 1. The Balaban J connectivity index is 1.90. The van der Waals surface area contributed by atoms with Crippen LogP contribution in [0.3, 0.4) is 0 Å². The van der Waals surface area contributed by atoms with E-state index in [4.69, 9.17) is 0 Å². The van der Waals surface area contributed by atoms with Gasteiger partial charge >= 0.3 is 0 Å². The molecule has 98 valence electrons. The molecular weight excluding hydrogens is 208 g/mol. The molecule has 6 unspecified atom stereocenters. The van der Waals surface area contributed by atoms with Crippen molar-refractivity contribution in [2.45, 2.75) is 71.3 Å². The van der Waals surface area contributed by atoms with Crippen LogP contribution in [0, 0.1) is 29.1 Å². The summed E-state index contributed by atoms with van der Waals surface area (Å²) in [5, 5.41) is 10.8.